The minimum Gasteiger partial charge on any atom is -0.466 e. The summed E-state index contributed by atoms with van der Waals surface area (Å²) in [5, 5.41) is 23.3. The highest BCUT2D eigenvalue weighted by atomic mass is 16.5. The monoisotopic (exact) mass is 1180 g/mol. The fraction of sp³-hybridized carbons (Fsp3) is 0.897. The zero-order chi connectivity index (χ0) is 60.6. The molecule has 0 rings (SSSR count). The van der Waals surface area contributed by atoms with E-state index in [9.17, 15) is 19.8 Å². The fourth-order valence-corrected chi connectivity index (χ4v) is 12.1. The van der Waals surface area contributed by atoms with Crippen LogP contribution in [-0.2, 0) is 14.3 Å². The van der Waals surface area contributed by atoms with Crippen LogP contribution in [0.1, 0.15) is 425 Å². The zero-order valence-electron chi connectivity index (χ0n) is 56.9. The summed E-state index contributed by atoms with van der Waals surface area (Å²) in [5.41, 5.74) is 0. The second kappa shape index (κ2) is 73.5. The van der Waals surface area contributed by atoms with Crippen molar-refractivity contribution >= 4 is 11.9 Å². The van der Waals surface area contributed by atoms with Gasteiger partial charge in [0, 0.05) is 12.8 Å². The van der Waals surface area contributed by atoms with Gasteiger partial charge in [0.2, 0.25) is 5.91 Å². The molecule has 0 aromatic rings. The van der Waals surface area contributed by atoms with E-state index < -0.39 is 12.1 Å². The predicted octanol–water partition coefficient (Wildman–Crippen LogP) is 25.0. The molecule has 0 aliphatic rings. The standard InChI is InChI=1S/C78H149NO5/c1-3-5-7-9-11-13-15-17-19-21-22-23-24-30-33-36-39-42-46-50-54-58-62-66-70-76(81)75(74-80)79-77(82)71-67-63-59-55-51-47-43-40-37-34-31-28-26-25-27-29-32-35-38-41-45-49-53-57-61-65-69-73-84-78(83)72-68-64-60-56-52-48-44-20-18-16-14-12-10-8-6-4-2/h14,16,20,44,66,70,75-76,80-81H,3-13,15,17-19,21-43,45-65,67-69,71-74H2,1-2H3,(H,79,82)/b16-14-,44-20-,70-66+. The second-order valence-corrected chi connectivity index (χ2v) is 26.3. The molecule has 0 aromatic carbocycles. The number of unbranched alkanes of at least 4 members (excludes halogenated alkanes) is 57. The van der Waals surface area contributed by atoms with E-state index in [4.69, 9.17) is 4.74 Å². The summed E-state index contributed by atoms with van der Waals surface area (Å²) in [7, 11) is 0. The van der Waals surface area contributed by atoms with Gasteiger partial charge in [0.15, 0.2) is 0 Å². The molecule has 0 heterocycles. The number of carbonyl (C=O) groups is 2. The smallest absolute Gasteiger partial charge is 0.305 e. The third-order valence-electron chi connectivity index (χ3n) is 17.9. The van der Waals surface area contributed by atoms with Crippen molar-refractivity contribution in [3.05, 3.63) is 36.5 Å². The SMILES string of the molecule is CCCCCC/C=C\C/C=C\CCCCCCCC(=O)OCCCCCCCCCCCCCCCCCCCCCCCCCCCCCC(=O)NC(CO)C(O)/C=C/CCCCCCCCCCCCCCCCCCCCCCCC. The molecule has 6 heteroatoms. The number of amides is 1. The maximum absolute atomic E-state index is 12.5. The number of aliphatic hydroxyl groups is 2. The number of nitrogens with one attached hydrogen (secondary N) is 1. The highest BCUT2D eigenvalue weighted by molar-refractivity contribution is 5.76. The summed E-state index contributed by atoms with van der Waals surface area (Å²) in [6.07, 6.45) is 95.3. The molecular weight excluding hydrogens is 1030 g/mol. The van der Waals surface area contributed by atoms with E-state index in [0.29, 0.717) is 19.4 Å². The first-order valence-corrected chi connectivity index (χ1v) is 38.3. The summed E-state index contributed by atoms with van der Waals surface area (Å²) in [6.45, 7) is 4.93. The lowest BCUT2D eigenvalue weighted by atomic mass is 10.0. The van der Waals surface area contributed by atoms with Crippen LogP contribution in [0.15, 0.2) is 36.5 Å². The van der Waals surface area contributed by atoms with Crippen molar-refractivity contribution in [1.82, 2.24) is 5.32 Å². The Morgan fingerprint density at radius 2 is 0.595 bits per heavy atom. The summed E-state index contributed by atoms with van der Waals surface area (Å²) < 4.78 is 5.50. The minimum absolute atomic E-state index is 0.00493. The Bertz CT molecular complexity index is 1360. The van der Waals surface area contributed by atoms with Gasteiger partial charge in [0.1, 0.15) is 0 Å². The molecule has 6 nitrogen and oxygen atoms in total. The van der Waals surface area contributed by atoms with Crippen LogP contribution in [0.3, 0.4) is 0 Å². The lowest BCUT2D eigenvalue weighted by molar-refractivity contribution is -0.143. The molecular formula is C78H149NO5. The minimum atomic E-state index is -0.844. The van der Waals surface area contributed by atoms with Gasteiger partial charge < -0.3 is 20.3 Å². The highest BCUT2D eigenvalue weighted by Gasteiger charge is 2.18. The van der Waals surface area contributed by atoms with Crippen molar-refractivity contribution in [1.29, 1.82) is 0 Å². The number of hydrogen-bond donors (Lipinski definition) is 3. The van der Waals surface area contributed by atoms with Gasteiger partial charge in [-0.25, -0.2) is 0 Å². The maximum atomic E-state index is 12.5. The lowest BCUT2D eigenvalue weighted by Gasteiger charge is -2.20. The molecule has 3 N–H and O–H groups in total. The number of carbonyl (C=O) groups excluding carboxylic acids is 2. The van der Waals surface area contributed by atoms with Crippen molar-refractivity contribution < 1.29 is 24.5 Å². The van der Waals surface area contributed by atoms with E-state index in [1.165, 1.54) is 347 Å². The van der Waals surface area contributed by atoms with Crippen LogP contribution in [-0.4, -0.2) is 47.4 Å². The van der Waals surface area contributed by atoms with E-state index in [-0.39, 0.29) is 18.5 Å². The quantitative estimate of drug-likeness (QED) is 0.0320. The average Bonchev–Trinajstić information content (AvgIpc) is 3.51. The summed E-state index contributed by atoms with van der Waals surface area (Å²) in [6, 6.07) is -0.628. The number of aliphatic hydroxyl groups excluding tert-OH is 2. The predicted molar refractivity (Wildman–Crippen MR) is 370 cm³/mol. The number of hydrogen-bond acceptors (Lipinski definition) is 5. The van der Waals surface area contributed by atoms with Crippen molar-refractivity contribution in [3.63, 3.8) is 0 Å². The topological polar surface area (TPSA) is 95.9 Å². The van der Waals surface area contributed by atoms with Gasteiger partial charge in [0.05, 0.1) is 25.4 Å². The van der Waals surface area contributed by atoms with Crippen LogP contribution >= 0.6 is 0 Å². The van der Waals surface area contributed by atoms with Crippen LogP contribution in [0.5, 0.6) is 0 Å². The van der Waals surface area contributed by atoms with Gasteiger partial charge >= 0.3 is 5.97 Å². The zero-order valence-corrected chi connectivity index (χ0v) is 56.9. The van der Waals surface area contributed by atoms with Crippen LogP contribution < -0.4 is 5.32 Å². The van der Waals surface area contributed by atoms with Crippen molar-refractivity contribution in [2.45, 2.75) is 437 Å². The average molecular weight is 1180 g/mol. The first-order valence-electron chi connectivity index (χ1n) is 38.3. The number of allylic oxidation sites excluding steroid dienone is 5. The van der Waals surface area contributed by atoms with Crippen LogP contribution in [0.2, 0.25) is 0 Å². The normalized spacial score (nSPS) is 12.7. The molecule has 0 aliphatic heterocycles. The molecule has 0 bridgehead atoms. The molecule has 0 spiro atoms. The van der Waals surface area contributed by atoms with E-state index in [1.807, 2.05) is 6.08 Å². The number of esters is 1. The fourth-order valence-electron chi connectivity index (χ4n) is 12.1. The van der Waals surface area contributed by atoms with E-state index in [1.54, 1.807) is 6.08 Å². The third kappa shape index (κ3) is 69.2. The number of ether oxygens (including phenoxy) is 1. The van der Waals surface area contributed by atoms with Gasteiger partial charge in [-0.1, -0.05) is 384 Å². The van der Waals surface area contributed by atoms with Gasteiger partial charge in [-0.2, -0.15) is 0 Å². The Morgan fingerprint density at radius 3 is 0.917 bits per heavy atom. The molecule has 0 fully saturated rings. The Balaban J connectivity index is 3.38. The van der Waals surface area contributed by atoms with E-state index in [2.05, 4.69) is 43.5 Å². The molecule has 0 aromatic heterocycles. The van der Waals surface area contributed by atoms with Crippen molar-refractivity contribution in [3.8, 4) is 0 Å². The summed E-state index contributed by atoms with van der Waals surface area (Å²) in [5.74, 6) is -0.0558. The Kier molecular flexibility index (Phi) is 71.9. The van der Waals surface area contributed by atoms with Gasteiger partial charge in [0.25, 0.3) is 0 Å². The third-order valence-corrected chi connectivity index (χ3v) is 17.9. The molecule has 1 amide bonds. The molecule has 84 heavy (non-hydrogen) atoms. The van der Waals surface area contributed by atoms with E-state index in [0.717, 1.165) is 51.4 Å². The van der Waals surface area contributed by atoms with Crippen molar-refractivity contribution in [2.24, 2.45) is 0 Å². The Labute approximate surface area is 525 Å². The molecule has 496 valence electrons. The first kappa shape index (κ1) is 82.1. The van der Waals surface area contributed by atoms with Crippen molar-refractivity contribution in [2.75, 3.05) is 13.2 Å². The first-order chi connectivity index (χ1) is 41.5. The molecule has 2 atom stereocenters. The molecule has 0 radical (unpaired) electrons. The maximum Gasteiger partial charge on any atom is 0.305 e. The Morgan fingerprint density at radius 1 is 0.333 bits per heavy atom. The van der Waals surface area contributed by atoms with Crippen LogP contribution in [0.25, 0.3) is 0 Å². The molecule has 2 unspecified atom stereocenters. The molecule has 0 aliphatic carbocycles. The summed E-state index contributed by atoms with van der Waals surface area (Å²) >= 11 is 0. The van der Waals surface area contributed by atoms with Gasteiger partial charge in [-0.3, -0.25) is 9.59 Å². The lowest BCUT2D eigenvalue weighted by Crippen LogP contribution is -2.45. The highest BCUT2D eigenvalue weighted by Crippen LogP contribution is 2.19. The molecule has 0 saturated heterocycles. The van der Waals surface area contributed by atoms with Gasteiger partial charge in [-0.05, 0) is 64.2 Å². The van der Waals surface area contributed by atoms with E-state index >= 15 is 0 Å². The second-order valence-electron chi connectivity index (χ2n) is 26.3. The summed E-state index contributed by atoms with van der Waals surface area (Å²) in [4.78, 5) is 24.6. The molecule has 0 saturated carbocycles. The number of rotatable bonds is 72. The Hall–Kier alpha value is -1.92. The van der Waals surface area contributed by atoms with Crippen LogP contribution in [0, 0.1) is 0 Å². The van der Waals surface area contributed by atoms with Crippen LogP contribution in [0.4, 0.5) is 0 Å². The van der Waals surface area contributed by atoms with Gasteiger partial charge in [-0.15, -0.1) is 0 Å². The largest absolute Gasteiger partial charge is 0.466 e.